The molecule has 0 bridgehead atoms. The summed E-state index contributed by atoms with van der Waals surface area (Å²) in [6.45, 7) is 1.03. The lowest BCUT2D eigenvalue weighted by atomic mass is 10.5. The second-order valence-corrected chi connectivity index (χ2v) is 3.55. The molecule has 0 unspecified atom stereocenters. The molecule has 2 rings (SSSR count). The van der Waals surface area contributed by atoms with E-state index in [-0.39, 0.29) is 14.8 Å². The van der Waals surface area contributed by atoms with E-state index in [0.717, 1.165) is 0 Å². The Morgan fingerprint density at radius 3 is 2.89 bits per heavy atom. The van der Waals surface area contributed by atoms with Crippen molar-refractivity contribution in [2.75, 3.05) is 18.7 Å². The summed E-state index contributed by atoms with van der Waals surface area (Å²) in [5, 5.41) is 12.0. The number of fused-ring (bicyclic) bond motifs is 1. The number of anilines is 1. The molecule has 2 aromatic heterocycles. The van der Waals surface area contributed by atoms with Crippen LogP contribution in [0.25, 0.3) is 11.2 Å². The Balaban J connectivity index is 0.000000771. The Hall–Kier alpha value is -1.67. The van der Waals surface area contributed by atoms with Crippen molar-refractivity contribution in [3.8, 4) is 0 Å². The SMILES string of the molecule is Nc1ncnc2c1ncn2CCOCP=O.OO. The fourth-order valence-corrected chi connectivity index (χ4v) is 1.53. The van der Waals surface area contributed by atoms with Crippen LogP contribution >= 0.6 is 8.46 Å². The maximum absolute atomic E-state index is 10.1. The zero-order chi connectivity index (χ0) is 13.4. The van der Waals surface area contributed by atoms with Gasteiger partial charge in [0.15, 0.2) is 19.9 Å². The van der Waals surface area contributed by atoms with E-state index < -0.39 is 0 Å². The zero-order valence-electron chi connectivity index (χ0n) is 9.30. The van der Waals surface area contributed by atoms with Crippen LogP contribution in [0.3, 0.4) is 0 Å². The summed E-state index contributed by atoms with van der Waals surface area (Å²) in [5.41, 5.74) is 6.91. The summed E-state index contributed by atoms with van der Waals surface area (Å²) in [6.07, 6.45) is 3.23. The zero-order valence-corrected chi connectivity index (χ0v) is 10.2. The van der Waals surface area contributed by atoms with Crippen LogP contribution in [0.4, 0.5) is 5.82 Å². The standard InChI is InChI=1S/C8H10N5O2P.H2O2/c9-7-6-8(11-3-10-7)13(4-12-6)1-2-15-5-16-14;1-2/h3-4H,1-2,5H2,(H2,9,10,11);1-2H. The van der Waals surface area contributed by atoms with Crippen molar-refractivity contribution in [2.24, 2.45) is 0 Å². The van der Waals surface area contributed by atoms with Crippen molar-refractivity contribution in [2.45, 2.75) is 6.54 Å². The topological polar surface area (TPSA) is 136 Å². The van der Waals surface area contributed by atoms with Gasteiger partial charge < -0.3 is 15.0 Å². The minimum atomic E-state index is -0.0142. The van der Waals surface area contributed by atoms with Gasteiger partial charge in [-0.25, -0.2) is 15.0 Å². The molecule has 98 valence electrons. The molecule has 4 N–H and O–H groups in total. The van der Waals surface area contributed by atoms with Crippen molar-refractivity contribution in [3.05, 3.63) is 12.7 Å². The number of nitrogen functional groups attached to an aromatic ring is 1. The Bertz CT molecular complexity index is 505. The number of hydrogen-bond donors (Lipinski definition) is 3. The number of ether oxygens (including phenoxy) is 1. The largest absolute Gasteiger partial charge is 0.382 e. The molecule has 0 aliphatic rings. The fourth-order valence-electron chi connectivity index (χ4n) is 1.33. The van der Waals surface area contributed by atoms with Crippen molar-refractivity contribution in [1.82, 2.24) is 19.5 Å². The average molecular weight is 273 g/mol. The van der Waals surface area contributed by atoms with Crippen LogP contribution in [-0.4, -0.2) is 43.0 Å². The van der Waals surface area contributed by atoms with Gasteiger partial charge in [0, 0.05) is 6.54 Å². The van der Waals surface area contributed by atoms with Gasteiger partial charge in [0.25, 0.3) is 0 Å². The molecule has 0 saturated carbocycles. The van der Waals surface area contributed by atoms with E-state index >= 15 is 0 Å². The number of hydrogen-bond acceptors (Lipinski definition) is 8. The van der Waals surface area contributed by atoms with E-state index in [4.69, 9.17) is 21.0 Å². The third kappa shape index (κ3) is 3.41. The molecule has 0 saturated heterocycles. The highest BCUT2D eigenvalue weighted by Gasteiger charge is 2.06. The maximum atomic E-state index is 10.1. The third-order valence-electron chi connectivity index (χ3n) is 2.05. The molecule has 0 fully saturated rings. The molecule has 2 heterocycles. The first-order valence-electron chi connectivity index (χ1n) is 4.81. The Labute approximate surface area is 103 Å². The smallest absolute Gasteiger partial charge is 0.183 e. The van der Waals surface area contributed by atoms with Gasteiger partial charge in [0.05, 0.1) is 12.9 Å². The van der Waals surface area contributed by atoms with E-state index in [1.54, 1.807) is 6.33 Å². The van der Waals surface area contributed by atoms with Gasteiger partial charge in [-0.1, -0.05) is 0 Å². The van der Waals surface area contributed by atoms with E-state index in [2.05, 4.69) is 15.0 Å². The van der Waals surface area contributed by atoms with Gasteiger partial charge in [-0.3, -0.25) is 15.1 Å². The Morgan fingerprint density at radius 1 is 1.39 bits per heavy atom. The fraction of sp³-hybridized carbons (Fsp3) is 0.375. The molecule has 0 atom stereocenters. The van der Waals surface area contributed by atoms with E-state index in [9.17, 15) is 4.57 Å². The first kappa shape index (κ1) is 14.4. The number of rotatable bonds is 5. The van der Waals surface area contributed by atoms with Crippen molar-refractivity contribution < 1.29 is 19.8 Å². The molecule has 0 radical (unpaired) electrons. The Kier molecular flexibility index (Phi) is 6.09. The molecular formula is C8H12N5O4P. The number of imidazole rings is 1. The predicted octanol–water partition coefficient (Wildman–Crippen LogP) is 0.692. The highest BCUT2D eigenvalue weighted by atomic mass is 31.1. The summed E-state index contributed by atoms with van der Waals surface area (Å²) >= 11 is 0. The second-order valence-electron chi connectivity index (χ2n) is 3.04. The van der Waals surface area contributed by atoms with Gasteiger partial charge in [-0.05, 0) is 0 Å². The summed E-state index contributed by atoms with van der Waals surface area (Å²) in [6, 6.07) is 0. The van der Waals surface area contributed by atoms with Crippen molar-refractivity contribution >= 4 is 25.4 Å². The second kappa shape index (κ2) is 7.62. The number of nitrogens with two attached hydrogens (primary N) is 1. The van der Waals surface area contributed by atoms with Crippen LogP contribution in [0.15, 0.2) is 12.7 Å². The highest BCUT2D eigenvalue weighted by Crippen LogP contribution is 2.13. The van der Waals surface area contributed by atoms with Gasteiger partial charge in [-0.15, -0.1) is 0 Å². The quantitative estimate of drug-likeness (QED) is 0.313. The maximum Gasteiger partial charge on any atom is 0.183 e. The van der Waals surface area contributed by atoms with E-state index in [1.165, 1.54) is 6.33 Å². The van der Waals surface area contributed by atoms with Crippen LogP contribution in [0.5, 0.6) is 0 Å². The molecule has 0 aliphatic heterocycles. The monoisotopic (exact) mass is 273 g/mol. The molecule has 0 spiro atoms. The average Bonchev–Trinajstić information content (AvgIpc) is 2.82. The molecule has 10 heteroatoms. The van der Waals surface area contributed by atoms with Crippen LogP contribution in [-0.2, 0) is 15.8 Å². The molecule has 0 aliphatic carbocycles. The van der Waals surface area contributed by atoms with Crippen molar-refractivity contribution in [3.63, 3.8) is 0 Å². The lowest BCUT2D eigenvalue weighted by molar-refractivity contribution is -0.176. The first-order valence-corrected chi connectivity index (χ1v) is 5.81. The summed E-state index contributed by atoms with van der Waals surface area (Å²) in [4.78, 5) is 12.0. The first-order chi connectivity index (χ1) is 8.83. The minimum Gasteiger partial charge on any atom is -0.382 e. The van der Waals surface area contributed by atoms with Gasteiger partial charge >= 0.3 is 0 Å². The van der Waals surface area contributed by atoms with Gasteiger partial charge in [0.1, 0.15) is 18.2 Å². The molecule has 0 aromatic carbocycles. The van der Waals surface area contributed by atoms with E-state index in [1.807, 2.05) is 4.57 Å². The van der Waals surface area contributed by atoms with Crippen LogP contribution in [0, 0.1) is 0 Å². The third-order valence-corrected chi connectivity index (χ3v) is 2.34. The van der Waals surface area contributed by atoms with Gasteiger partial charge in [-0.2, -0.15) is 0 Å². The lowest BCUT2D eigenvalue weighted by Gasteiger charge is -2.02. The Morgan fingerprint density at radius 2 is 2.17 bits per heavy atom. The molecule has 18 heavy (non-hydrogen) atoms. The molecule has 0 amide bonds. The lowest BCUT2D eigenvalue weighted by Crippen LogP contribution is -2.05. The molecular weight excluding hydrogens is 261 g/mol. The van der Waals surface area contributed by atoms with Crippen molar-refractivity contribution in [1.29, 1.82) is 0 Å². The molecule has 2 aromatic rings. The normalized spacial score (nSPS) is 10.3. The summed E-state index contributed by atoms with van der Waals surface area (Å²) in [5.74, 6) is 0.364. The number of aromatic nitrogens is 4. The predicted molar refractivity (Wildman–Crippen MR) is 63.4 cm³/mol. The minimum absolute atomic E-state index is 0.0142. The highest BCUT2D eigenvalue weighted by molar-refractivity contribution is 7.23. The van der Waals surface area contributed by atoms with Gasteiger partial charge in [0.2, 0.25) is 0 Å². The molecule has 9 nitrogen and oxygen atoms in total. The summed E-state index contributed by atoms with van der Waals surface area (Å²) in [7, 11) is -0.0142. The van der Waals surface area contributed by atoms with E-state index in [0.29, 0.717) is 30.1 Å². The van der Waals surface area contributed by atoms with Crippen LogP contribution < -0.4 is 5.73 Å². The number of nitrogens with zero attached hydrogens (tertiary/aromatic N) is 4. The van der Waals surface area contributed by atoms with Crippen LogP contribution in [0.1, 0.15) is 0 Å². The van der Waals surface area contributed by atoms with Crippen LogP contribution in [0.2, 0.25) is 0 Å². The summed E-state index contributed by atoms with van der Waals surface area (Å²) < 4.78 is 17.0.